The van der Waals surface area contributed by atoms with Gasteiger partial charge in [0, 0.05) is 26.1 Å². The number of piperidine rings is 1. The minimum atomic E-state index is 0. The van der Waals surface area contributed by atoms with Crippen molar-refractivity contribution in [3.63, 3.8) is 0 Å². The second-order valence-corrected chi connectivity index (χ2v) is 3.98. The molecule has 1 saturated heterocycles. The molecular weight excluding hydrogens is 228 g/mol. The fourth-order valence-electron chi connectivity index (χ4n) is 1.84. The Bertz CT molecular complexity index is 196. The molecule has 0 radical (unpaired) electrons. The third kappa shape index (κ3) is 5.14. The van der Waals surface area contributed by atoms with E-state index >= 15 is 0 Å². The summed E-state index contributed by atoms with van der Waals surface area (Å²) in [4.78, 5) is 13.7. The molecule has 1 aliphatic rings. The van der Waals surface area contributed by atoms with Crippen LogP contribution in [0.15, 0.2) is 0 Å². The van der Waals surface area contributed by atoms with Crippen molar-refractivity contribution in [2.45, 2.75) is 19.8 Å². The van der Waals surface area contributed by atoms with Crippen LogP contribution in [-0.2, 0) is 9.53 Å². The van der Waals surface area contributed by atoms with Crippen LogP contribution in [0.4, 0.5) is 0 Å². The summed E-state index contributed by atoms with van der Waals surface area (Å²) in [5.41, 5.74) is 0. The van der Waals surface area contributed by atoms with Crippen molar-refractivity contribution in [2.24, 2.45) is 5.92 Å². The molecule has 1 rings (SSSR count). The first kappa shape index (κ1) is 15.7. The van der Waals surface area contributed by atoms with Crippen molar-refractivity contribution < 1.29 is 9.53 Å². The van der Waals surface area contributed by atoms with E-state index < -0.39 is 0 Å². The number of amides is 1. The lowest BCUT2D eigenvalue weighted by Crippen LogP contribution is -2.40. The standard InChI is InChI=1S/C11H22N2O2.ClH/c1-3-15-9-8-13(2)11(14)10-4-6-12-7-5-10;/h10,12H,3-9H2,1-2H3;1H. The molecule has 0 atom stereocenters. The third-order valence-electron chi connectivity index (χ3n) is 2.84. The predicted octanol–water partition coefficient (Wildman–Crippen LogP) is 0.903. The molecule has 1 heterocycles. The Morgan fingerprint density at radius 1 is 1.44 bits per heavy atom. The molecule has 4 nitrogen and oxygen atoms in total. The monoisotopic (exact) mass is 250 g/mol. The summed E-state index contributed by atoms with van der Waals surface area (Å²) in [6.07, 6.45) is 1.94. The van der Waals surface area contributed by atoms with Crippen LogP contribution in [0.25, 0.3) is 0 Å². The zero-order valence-electron chi connectivity index (χ0n) is 10.2. The van der Waals surface area contributed by atoms with Gasteiger partial charge >= 0.3 is 0 Å². The summed E-state index contributed by atoms with van der Waals surface area (Å²) in [6, 6.07) is 0. The highest BCUT2D eigenvalue weighted by atomic mass is 35.5. The van der Waals surface area contributed by atoms with E-state index in [9.17, 15) is 4.79 Å². The van der Waals surface area contributed by atoms with Gasteiger partial charge in [0.05, 0.1) is 6.61 Å². The van der Waals surface area contributed by atoms with Gasteiger partial charge in [-0.05, 0) is 32.9 Å². The van der Waals surface area contributed by atoms with Gasteiger partial charge in [-0.25, -0.2) is 0 Å². The van der Waals surface area contributed by atoms with E-state index in [0.717, 1.165) is 32.5 Å². The van der Waals surface area contributed by atoms with Crippen LogP contribution >= 0.6 is 12.4 Å². The van der Waals surface area contributed by atoms with Crippen LogP contribution < -0.4 is 5.32 Å². The fraction of sp³-hybridized carbons (Fsp3) is 0.909. The molecule has 1 N–H and O–H groups in total. The van der Waals surface area contributed by atoms with Gasteiger partial charge in [-0.1, -0.05) is 0 Å². The van der Waals surface area contributed by atoms with Crippen molar-refractivity contribution in [1.82, 2.24) is 10.2 Å². The first-order chi connectivity index (χ1) is 7.25. The summed E-state index contributed by atoms with van der Waals surface area (Å²) in [6.45, 7) is 5.97. The zero-order valence-corrected chi connectivity index (χ0v) is 11.0. The molecule has 0 bridgehead atoms. The molecule has 0 spiro atoms. The number of carbonyl (C=O) groups excluding carboxylic acids is 1. The van der Waals surface area contributed by atoms with Crippen molar-refractivity contribution in [3.05, 3.63) is 0 Å². The summed E-state index contributed by atoms with van der Waals surface area (Å²) in [7, 11) is 1.86. The van der Waals surface area contributed by atoms with Crippen molar-refractivity contribution >= 4 is 18.3 Å². The van der Waals surface area contributed by atoms with Gasteiger partial charge in [0.1, 0.15) is 0 Å². The van der Waals surface area contributed by atoms with E-state index in [0.29, 0.717) is 13.2 Å². The fourth-order valence-corrected chi connectivity index (χ4v) is 1.84. The van der Waals surface area contributed by atoms with Gasteiger partial charge in [-0.3, -0.25) is 4.79 Å². The molecular formula is C11H23ClN2O2. The van der Waals surface area contributed by atoms with Gasteiger partial charge in [0.15, 0.2) is 0 Å². The Morgan fingerprint density at radius 2 is 2.06 bits per heavy atom. The maximum atomic E-state index is 11.9. The van der Waals surface area contributed by atoms with Crippen LogP contribution in [0.5, 0.6) is 0 Å². The molecule has 0 aliphatic carbocycles. The summed E-state index contributed by atoms with van der Waals surface area (Å²) < 4.78 is 5.24. The van der Waals surface area contributed by atoms with Crippen molar-refractivity contribution in [2.75, 3.05) is 39.9 Å². The minimum Gasteiger partial charge on any atom is -0.380 e. The molecule has 0 aromatic heterocycles. The Morgan fingerprint density at radius 3 is 2.62 bits per heavy atom. The molecule has 0 unspecified atom stereocenters. The molecule has 0 saturated carbocycles. The average Bonchev–Trinajstić information content (AvgIpc) is 2.29. The first-order valence-corrected chi connectivity index (χ1v) is 5.79. The lowest BCUT2D eigenvalue weighted by molar-refractivity contribution is -0.135. The Hall–Kier alpha value is -0.320. The number of hydrogen-bond donors (Lipinski definition) is 1. The molecule has 1 amide bonds. The number of nitrogens with one attached hydrogen (secondary N) is 1. The molecule has 5 heteroatoms. The first-order valence-electron chi connectivity index (χ1n) is 5.79. The maximum absolute atomic E-state index is 11.9. The highest BCUT2D eigenvalue weighted by Crippen LogP contribution is 2.14. The summed E-state index contributed by atoms with van der Waals surface area (Å²) in [5, 5.41) is 3.27. The second-order valence-electron chi connectivity index (χ2n) is 3.98. The summed E-state index contributed by atoms with van der Waals surface area (Å²) in [5.74, 6) is 0.495. The number of ether oxygens (including phenoxy) is 1. The third-order valence-corrected chi connectivity index (χ3v) is 2.84. The lowest BCUT2D eigenvalue weighted by Gasteiger charge is -2.26. The van der Waals surface area contributed by atoms with Crippen LogP contribution in [0, 0.1) is 5.92 Å². The number of hydrogen-bond acceptors (Lipinski definition) is 3. The maximum Gasteiger partial charge on any atom is 0.225 e. The van der Waals surface area contributed by atoms with E-state index in [-0.39, 0.29) is 24.2 Å². The highest BCUT2D eigenvalue weighted by Gasteiger charge is 2.23. The lowest BCUT2D eigenvalue weighted by atomic mass is 9.97. The number of rotatable bonds is 5. The molecule has 1 fully saturated rings. The van der Waals surface area contributed by atoms with Crippen molar-refractivity contribution in [3.8, 4) is 0 Å². The topological polar surface area (TPSA) is 41.6 Å². The SMILES string of the molecule is CCOCCN(C)C(=O)C1CCNCC1.Cl. The second kappa shape index (κ2) is 8.79. The van der Waals surface area contributed by atoms with Gasteiger partial charge in [-0.2, -0.15) is 0 Å². The number of carbonyl (C=O) groups is 1. The van der Waals surface area contributed by atoms with Gasteiger partial charge in [0.25, 0.3) is 0 Å². The molecule has 96 valence electrons. The average molecular weight is 251 g/mol. The quantitative estimate of drug-likeness (QED) is 0.738. The van der Waals surface area contributed by atoms with Gasteiger partial charge in [0.2, 0.25) is 5.91 Å². The number of likely N-dealkylation sites (N-methyl/N-ethyl adjacent to an activating group) is 1. The Labute approximate surface area is 104 Å². The Kier molecular flexibility index (Phi) is 8.61. The smallest absolute Gasteiger partial charge is 0.225 e. The van der Waals surface area contributed by atoms with E-state index in [1.807, 2.05) is 14.0 Å². The van der Waals surface area contributed by atoms with Crippen LogP contribution in [0.1, 0.15) is 19.8 Å². The van der Waals surface area contributed by atoms with Crippen LogP contribution in [-0.4, -0.2) is 50.7 Å². The van der Waals surface area contributed by atoms with Crippen LogP contribution in [0.3, 0.4) is 0 Å². The molecule has 16 heavy (non-hydrogen) atoms. The van der Waals surface area contributed by atoms with Crippen LogP contribution in [0.2, 0.25) is 0 Å². The molecule has 1 aliphatic heterocycles. The highest BCUT2D eigenvalue weighted by molar-refractivity contribution is 5.85. The van der Waals surface area contributed by atoms with E-state index in [4.69, 9.17) is 4.74 Å². The van der Waals surface area contributed by atoms with Gasteiger partial charge in [-0.15, -0.1) is 12.4 Å². The number of halogens is 1. The molecule has 0 aromatic carbocycles. The molecule has 0 aromatic rings. The van der Waals surface area contributed by atoms with E-state index in [1.165, 1.54) is 0 Å². The number of nitrogens with zero attached hydrogens (tertiary/aromatic N) is 1. The van der Waals surface area contributed by atoms with Crippen molar-refractivity contribution in [1.29, 1.82) is 0 Å². The van der Waals surface area contributed by atoms with Gasteiger partial charge < -0.3 is 15.0 Å². The predicted molar refractivity (Wildman–Crippen MR) is 67.0 cm³/mol. The summed E-state index contributed by atoms with van der Waals surface area (Å²) >= 11 is 0. The van der Waals surface area contributed by atoms with E-state index in [2.05, 4.69) is 5.32 Å². The minimum absolute atomic E-state index is 0. The Balaban J connectivity index is 0.00000225. The van der Waals surface area contributed by atoms with E-state index in [1.54, 1.807) is 4.90 Å². The largest absolute Gasteiger partial charge is 0.380 e. The normalized spacial score (nSPS) is 16.6. The zero-order chi connectivity index (χ0) is 11.1.